The first kappa shape index (κ1) is 36.8. The zero-order chi connectivity index (χ0) is 42.8. The first-order valence-electron chi connectivity index (χ1n) is 22.0. The number of hydrogen-bond donors (Lipinski definition) is 1. The van der Waals surface area contributed by atoms with Gasteiger partial charge in [0.1, 0.15) is 23.2 Å². The quantitative estimate of drug-likeness (QED) is 0.170. The van der Waals surface area contributed by atoms with Gasteiger partial charge in [-0.1, -0.05) is 176 Å². The molecule has 1 aliphatic rings. The Morgan fingerprint density at radius 2 is 1.03 bits per heavy atom. The maximum Gasteiger partial charge on any atom is 0.160 e. The Morgan fingerprint density at radius 3 is 1.75 bits per heavy atom. The van der Waals surface area contributed by atoms with E-state index in [1.54, 1.807) is 0 Å². The fourth-order valence-electron chi connectivity index (χ4n) is 9.74. The number of rotatable bonds is 6. The minimum absolute atomic E-state index is 0.480. The van der Waals surface area contributed by atoms with E-state index in [1.807, 2.05) is 24.3 Å². The highest BCUT2D eigenvalue weighted by Gasteiger charge is 2.26. The van der Waals surface area contributed by atoms with Gasteiger partial charge in [-0.3, -0.25) is 0 Å². The molecule has 0 spiro atoms. The number of amidine groups is 2. The number of hydrogen-bond acceptors (Lipinski definition) is 4. The summed E-state index contributed by atoms with van der Waals surface area (Å²) in [6.45, 7) is 0. The Balaban J connectivity index is 1.02. The molecule has 11 aromatic carbocycles. The molecule has 12 aromatic rings. The number of nitrogens with zero attached hydrogens (tertiary/aromatic N) is 2. The van der Waals surface area contributed by atoms with Crippen LogP contribution in [0.3, 0.4) is 0 Å². The van der Waals surface area contributed by atoms with E-state index in [4.69, 9.17) is 14.4 Å². The van der Waals surface area contributed by atoms with E-state index in [1.165, 1.54) is 48.7 Å². The van der Waals surface area contributed by atoms with Crippen molar-refractivity contribution in [1.82, 2.24) is 5.32 Å². The standard InChI is InChI=1S/C61H37N3O/c1-3-12-38(13-4-1)39-22-30-45(31-23-39)60-62-59(44-16-5-2-6-17-44)63-61(64-60)51-20-11-21-56-57(51)55-37-48(46-32-28-42-26-24-40-14-7-9-18-49(40)52(42)34-46)36-54(58(55)65-56)47-33-29-43-27-25-41-15-8-10-19-50(41)53(43)35-47/h1,3-5,7-37,61H,(H,62,63,64). The Labute approximate surface area is 375 Å². The molecule has 65 heavy (non-hydrogen) atoms. The van der Waals surface area contributed by atoms with Gasteiger partial charge in [0.05, 0.1) is 0 Å². The van der Waals surface area contributed by atoms with Crippen LogP contribution in [0.5, 0.6) is 0 Å². The molecule has 1 aromatic heterocycles. The lowest BCUT2D eigenvalue weighted by Crippen LogP contribution is -2.33. The minimum Gasteiger partial charge on any atom is -0.455 e. The van der Waals surface area contributed by atoms with Crippen LogP contribution >= 0.6 is 0 Å². The second-order valence-electron chi connectivity index (χ2n) is 16.8. The summed E-state index contributed by atoms with van der Waals surface area (Å²) < 4.78 is 7.05. The molecule has 0 saturated carbocycles. The molecule has 0 fully saturated rings. The summed E-state index contributed by atoms with van der Waals surface area (Å²) in [5.74, 6) is 1.37. The highest BCUT2D eigenvalue weighted by molar-refractivity contribution is 6.17. The van der Waals surface area contributed by atoms with Gasteiger partial charge in [-0.2, -0.15) is 0 Å². The van der Waals surface area contributed by atoms with Gasteiger partial charge in [-0.05, 0) is 119 Å². The van der Waals surface area contributed by atoms with Crippen LogP contribution in [-0.2, 0) is 0 Å². The van der Waals surface area contributed by atoms with Gasteiger partial charge in [0.25, 0.3) is 0 Å². The topological polar surface area (TPSA) is 49.9 Å². The summed E-state index contributed by atoms with van der Waals surface area (Å²) >= 11 is 0. The maximum absolute atomic E-state index is 7.05. The lowest BCUT2D eigenvalue weighted by Gasteiger charge is -2.24. The Hall–Kier alpha value is -8.78. The van der Waals surface area contributed by atoms with E-state index >= 15 is 0 Å². The fraction of sp³-hybridized carbons (Fsp3) is 0.0164. The molecule has 1 atom stereocenters. The highest BCUT2D eigenvalue weighted by atomic mass is 16.3. The van der Waals surface area contributed by atoms with Gasteiger partial charge >= 0.3 is 0 Å². The zero-order valence-corrected chi connectivity index (χ0v) is 35.1. The minimum atomic E-state index is -0.480. The third kappa shape index (κ3) is 6.33. The summed E-state index contributed by atoms with van der Waals surface area (Å²) in [5, 5.41) is 15.6. The van der Waals surface area contributed by atoms with Crippen LogP contribution in [0, 0.1) is 12.1 Å². The molecule has 4 heteroatoms. The fourth-order valence-corrected chi connectivity index (χ4v) is 9.74. The molecular formula is C61H37N3O. The Bertz CT molecular complexity index is 3900. The second kappa shape index (κ2) is 14.9. The van der Waals surface area contributed by atoms with Gasteiger partial charge < -0.3 is 9.73 Å². The van der Waals surface area contributed by atoms with Crippen molar-refractivity contribution >= 4 is 76.7 Å². The summed E-state index contributed by atoms with van der Waals surface area (Å²) in [6.07, 6.45) is -0.480. The van der Waals surface area contributed by atoms with E-state index in [0.29, 0.717) is 5.84 Å². The molecule has 1 aliphatic heterocycles. The van der Waals surface area contributed by atoms with Crippen LogP contribution in [0.2, 0.25) is 0 Å². The predicted molar refractivity (Wildman–Crippen MR) is 270 cm³/mol. The first-order valence-corrected chi connectivity index (χ1v) is 22.0. The molecule has 13 rings (SSSR count). The molecular weight excluding hydrogens is 791 g/mol. The smallest absolute Gasteiger partial charge is 0.160 e. The normalized spacial score (nSPS) is 13.9. The molecule has 1 N–H and O–H groups in total. The van der Waals surface area contributed by atoms with E-state index < -0.39 is 6.17 Å². The van der Waals surface area contributed by atoms with Crippen molar-refractivity contribution in [2.75, 3.05) is 0 Å². The van der Waals surface area contributed by atoms with Crippen LogP contribution < -0.4 is 5.32 Å². The molecule has 1 unspecified atom stereocenters. The molecule has 0 radical (unpaired) electrons. The van der Waals surface area contributed by atoms with E-state index in [9.17, 15) is 0 Å². The predicted octanol–water partition coefficient (Wildman–Crippen LogP) is 15.3. The van der Waals surface area contributed by atoms with Crippen LogP contribution in [0.15, 0.2) is 227 Å². The van der Waals surface area contributed by atoms with E-state index in [2.05, 4.69) is 206 Å². The monoisotopic (exact) mass is 827 g/mol. The van der Waals surface area contributed by atoms with Crippen molar-refractivity contribution in [3.05, 3.63) is 241 Å². The molecule has 302 valence electrons. The summed E-state index contributed by atoms with van der Waals surface area (Å²) in [4.78, 5) is 10.5. The zero-order valence-electron chi connectivity index (χ0n) is 35.1. The Morgan fingerprint density at radius 1 is 0.431 bits per heavy atom. The largest absolute Gasteiger partial charge is 0.455 e. The molecule has 0 amide bonds. The van der Waals surface area contributed by atoms with Gasteiger partial charge in [-0.15, -0.1) is 0 Å². The highest BCUT2D eigenvalue weighted by Crippen LogP contribution is 2.44. The van der Waals surface area contributed by atoms with Crippen molar-refractivity contribution in [2.45, 2.75) is 6.17 Å². The summed E-state index contributed by atoms with van der Waals surface area (Å²) in [5.41, 5.74) is 11.1. The van der Waals surface area contributed by atoms with E-state index in [0.717, 1.165) is 72.3 Å². The average molecular weight is 828 g/mol. The van der Waals surface area contributed by atoms with Crippen molar-refractivity contribution in [3.8, 4) is 33.4 Å². The average Bonchev–Trinajstić information content (AvgIpc) is 3.77. The second-order valence-corrected chi connectivity index (χ2v) is 16.8. The van der Waals surface area contributed by atoms with Gasteiger partial charge in [0.2, 0.25) is 0 Å². The number of benzene rings is 10. The van der Waals surface area contributed by atoms with Gasteiger partial charge in [0.15, 0.2) is 5.84 Å². The molecule has 2 heterocycles. The number of fused-ring (bicyclic) bond motifs is 9. The van der Waals surface area contributed by atoms with Crippen LogP contribution in [-0.4, -0.2) is 11.7 Å². The summed E-state index contributed by atoms with van der Waals surface area (Å²) in [6, 6.07) is 81.6. The maximum atomic E-state index is 7.05. The van der Waals surface area contributed by atoms with Gasteiger partial charge in [-0.25, -0.2) is 9.98 Å². The number of aliphatic imine (C=N–C) groups is 2. The van der Waals surface area contributed by atoms with Crippen LogP contribution in [0.4, 0.5) is 0 Å². The molecule has 0 bridgehead atoms. The summed E-state index contributed by atoms with van der Waals surface area (Å²) in [7, 11) is 0. The number of furan rings is 1. The first-order chi connectivity index (χ1) is 32.2. The van der Waals surface area contributed by atoms with Crippen LogP contribution in [0.1, 0.15) is 22.9 Å². The van der Waals surface area contributed by atoms with Crippen molar-refractivity contribution in [1.29, 1.82) is 0 Å². The SMILES string of the molecule is c1ccc(C2=NC(c3cccc4oc5c(-c6ccc7ccc8ccccc8c7c6)cc(-c6ccc7ccc8ccccc8c7c6)cc5c34)NC(c3ccc(-c4ccccc4)cc3)=N2)cc#1. The lowest BCUT2D eigenvalue weighted by atomic mass is 9.91. The Kier molecular flexibility index (Phi) is 8.47. The van der Waals surface area contributed by atoms with Crippen molar-refractivity contribution in [3.63, 3.8) is 0 Å². The molecule has 4 nitrogen and oxygen atoms in total. The molecule has 0 aliphatic carbocycles. The van der Waals surface area contributed by atoms with Crippen molar-refractivity contribution in [2.24, 2.45) is 9.98 Å². The van der Waals surface area contributed by atoms with Crippen molar-refractivity contribution < 1.29 is 4.42 Å². The third-order valence-corrected chi connectivity index (χ3v) is 13.0. The van der Waals surface area contributed by atoms with Crippen LogP contribution in [0.25, 0.3) is 98.4 Å². The number of nitrogens with one attached hydrogen (secondary N) is 1. The third-order valence-electron chi connectivity index (χ3n) is 13.0. The van der Waals surface area contributed by atoms with E-state index in [-0.39, 0.29) is 0 Å². The van der Waals surface area contributed by atoms with Gasteiger partial charge in [0, 0.05) is 33.0 Å². The molecule has 0 saturated heterocycles. The lowest BCUT2D eigenvalue weighted by molar-refractivity contribution is 0.663.